The highest BCUT2D eigenvalue weighted by atomic mass is 16.5. The predicted molar refractivity (Wildman–Crippen MR) is 85.7 cm³/mol. The molecule has 0 radical (unpaired) electrons. The molecule has 5 heteroatoms. The van der Waals surface area contributed by atoms with Crippen LogP contribution in [0.3, 0.4) is 0 Å². The van der Waals surface area contributed by atoms with Crippen LogP contribution in [0.15, 0.2) is 24.3 Å². The lowest BCUT2D eigenvalue weighted by Crippen LogP contribution is -2.17. The first-order valence-corrected chi connectivity index (χ1v) is 7.95. The fourth-order valence-corrected chi connectivity index (χ4v) is 2.01. The van der Waals surface area contributed by atoms with Gasteiger partial charge >= 0.3 is 11.9 Å². The number of benzene rings is 1. The number of carbonyl (C=O) groups is 2. The lowest BCUT2D eigenvalue weighted by Gasteiger charge is -2.12. The van der Waals surface area contributed by atoms with Gasteiger partial charge in [0.25, 0.3) is 0 Å². The Labute approximate surface area is 137 Å². The highest BCUT2D eigenvalue weighted by Gasteiger charge is 2.13. The van der Waals surface area contributed by atoms with Crippen molar-refractivity contribution in [3.63, 3.8) is 0 Å². The molecule has 0 bridgehead atoms. The van der Waals surface area contributed by atoms with Crippen LogP contribution in [0.25, 0.3) is 0 Å². The summed E-state index contributed by atoms with van der Waals surface area (Å²) in [6, 6.07) is 8.20. The van der Waals surface area contributed by atoms with Gasteiger partial charge in [0.05, 0.1) is 30.6 Å². The highest BCUT2D eigenvalue weighted by Crippen LogP contribution is 2.13. The molecule has 23 heavy (non-hydrogen) atoms. The maximum Gasteiger partial charge on any atom is 0.311 e. The van der Waals surface area contributed by atoms with Gasteiger partial charge in [-0.1, -0.05) is 19.8 Å². The standard InChI is InChI=1S/C18H23NO4/c1-3-4-5-6-14(2)22-17(20)11-12-18(21)23-16-9-7-15(13-19)8-10-16/h7-10,14H,3-6,11-12H2,1-2H3. The average molecular weight is 317 g/mol. The Morgan fingerprint density at radius 3 is 2.39 bits per heavy atom. The second kappa shape index (κ2) is 10.4. The zero-order chi connectivity index (χ0) is 17.1. The molecule has 0 aliphatic carbocycles. The van der Waals surface area contributed by atoms with Crippen molar-refractivity contribution in [2.45, 2.75) is 58.5 Å². The first-order chi connectivity index (χ1) is 11.0. The third-order valence-electron chi connectivity index (χ3n) is 3.30. The molecule has 0 fully saturated rings. The first-order valence-electron chi connectivity index (χ1n) is 7.95. The van der Waals surface area contributed by atoms with Crippen molar-refractivity contribution in [2.24, 2.45) is 0 Å². The van der Waals surface area contributed by atoms with E-state index in [2.05, 4.69) is 6.92 Å². The van der Waals surface area contributed by atoms with Crippen molar-refractivity contribution in [3.8, 4) is 11.8 Å². The number of hydrogen-bond donors (Lipinski definition) is 0. The number of unbranched alkanes of at least 4 members (excludes halogenated alkanes) is 2. The molecule has 1 rings (SSSR count). The van der Waals surface area contributed by atoms with E-state index in [0.29, 0.717) is 11.3 Å². The number of carbonyl (C=O) groups excluding carboxylic acids is 2. The Hall–Kier alpha value is -2.35. The van der Waals surface area contributed by atoms with Crippen LogP contribution in [-0.4, -0.2) is 18.0 Å². The molecule has 1 atom stereocenters. The van der Waals surface area contributed by atoms with Crippen LogP contribution >= 0.6 is 0 Å². The van der Waals surface area contributed by atoms with Gasteiger partial charge in [0, 0.05) is 0 Å². The lowest BCUT2D eigenvalue weighted by atomic mass is 10.1. The number of nitrogens with zero attached hydrogens (tertiary/aromatic N) is 1. The molecule has 0 amide bonds. The zero-order valence-electron chi connectivity index (χ0n) is 13.7. The molecule has 0 saturated carbocycles. The van der Waals surface area contributed by atoms with Gasteiger partial charge < -0.3 is 9.47 Å². The van der Waals surface area contributed by atoms with Gasteiger partial charge in [-0.2, -0.15) is 5.26 Å². The van der Waals surface area contributed by atoms with E-state index in [1.54, 1.807) is 24.3 Å². The number of nitriles is 1. The van der Waals surface area contributed by atoms with Crippen molar-refractivity contribution in [3.05, 3.63) is 29.8 Å². The van der Waals surface area contributed by atoms with Gasteiger partial charge in [-0.05, 0) is 44.0 Å². The van der Waals surface area contributed by atoms with Crippen molar-refractivity contribution in [2.75, 3.05) is 0 Å². The zero-order valence-corrected chi connectivity index (χ0v) is 13.7. The summed E-state index contributed by atoms with van der Waals surface area (Å²) in [5.74, 6) is -0.522. The smallest absolute Gasteiger partial charge is 0.311 e. The summed E-state index contributed by atoms with van der Waals surface area (Å²) >= 11 is 0. The molecular formula is C18H23NO4. The van der Waals surface area contributed by atoms with Gasteiger partial charge in [-0.25, -0.2) is 0 Å². The summed E-state index contributed by atoms with van der Waals surface area (Å²) in [5.41, 5.74) is 0.491. The maximum absolute atomic E-state index is 11.7. The predicted octanol–water partition coefficient (Wildman–Crippen LogP) is 3.76. The molecule has 1 aromatic carbocycles. The maximum atomic E-state index is 11.7. The molecule has 0 spiro atoms. The Bertz CT molecular complexity index is 545. The minimum absolute atomic E-state index is 0.00717. The van der Waals surface area contributed by atoms with Crippen LogP contribution in [-0.2, 0) is 14.3 Å². The van der Waals surface area contributed by atoms with Crippen molar-refractivity contribution < 1.29 is 19.1 Å². The number of hydrogen-bond acceptors (Lipinski definition) is 5. The minimum atomic E-state index is -0.495. The van der Waals surface area contributed by atoms with E-state index < -0.39 is 5.97 Å². The summed E-state index contributed by atoms with van der Waals surface area (Å²) in [6.45, 7) is 3.98. The second-order valence-electron chi connectivity index (χ2n) is 5.41. The quantitative estimate of drug-likeness (QED) is 0.394. The number of esters is 2. The van der Waals surface area contributed by atoms with Gasteiger partial charge in [0.2, 0.25) is 0 Å². The van der Waals surface area contributed by atoms with E-state index in [0.717, 1.165) is 25.7 Å². The molecular weight excluding hydrogens is 294 g/mol. The monoisotopic (exact) mass is 317 g/mol. The molecule has 0 aliphatic rings. The summed E-state index contributed by atoms with van der Waals surface area (Å²) < 4.78 is 10.3. The molecule has 0 aliphatic heterocycles. The Morgan fingerprint density at radius 1 is 1.13 bits per heavy atom. The summed E-state index contributed by atoms with van der Waals surface area (Å²) in [7, 11) is 0. The Balaban J connectivity index is 2.26. The molecule has 0 N–H and O–H groups in total. The van der Waals surface area contributed by atoms with Gasteiger partial charge in [0.1, 0.15) is 5.75 Å². The number of ether oxygens (including phenoxy) is 2. The van der Waals surface area contributed by atoms with Crippen LogP contribution < -0.4 is 4.74 Å². The van der Waals surface area contributed by atoms with Crippen LogP contribution in [0.4, 0.5) is 0 Å². The molecule has 5 nitrogen and oxygen atoms in total. The molecule has 0 saturated heterocycles. The van der Waals surface area contributed by atoms with Crippen LogP contribution in [0.5, 0.6) is 5.75 Å². The van der Waals surface area contributed by atoms with E-state index in [-0.39, 0.29) is 24.9 Å². The topological polar surface area (TPSA) is 76.4 Å². The van der Waals surface area contributed by atoms with E-state index in [9.17, 15) is 9.59 Å². The highest BCUT2D eigenvalue weighted by molar-refractivity contribution is 5.79. The Kier molecular flexibility index (Phi) is 8.45. The second-order valence-corrected chi connectivity index (χ2v) is 5.41. The summed E-state index contributed by atoms with van der Waals surface area (Å²) in [5, 5.41) is 8.69. The van der Waals surface area contributed by atoms with Crippen molar-refractivity contribution in [1.29, 1.82) is 5.26 Å². The molecule has 124 valence electrons. The van der Waals surface area contributed by atoms with Crippen LogP contribution in [0, 0.1) is 11.3 Å². The molecule has 1 unspecified atom stereocenters. The SMILES string of the molecule is CCCCCC(C)OC(=O)CCC(=O)Oc1ccc(C#N)cc1. The van der Waals surface area contributed by atoms with Crippen LogP contribution in [0.1, 0.15) is 57.9 Å². The lowest BCUT2D eigenvalue weighted by molar-refractivity contribution is -0.151. The van der Waals surface area contributed by atoms with E-state index in [1.165, 1.54) is 0 Å². The third-order valence-corrected chi connectivity index (χ3v) is 3.30. The normalized spacial score (nSPS) is 11.3. The largest absolute Gasteiger partial charge is 0.463 e. The van der Waals surface area contributed by atoms with Crippen LogP contribution in [0.2, 0.25) is 0 Å². The van der Waals surface area contributed by atoms with Gasteiger partial charge in [0.15, 0.2) is 0 Å². The molecule has 1 aromatic rings. The van der Waals surface area contributed by atoms with E-state index in [1.807, 2.05) is 13.0 Å². The molecule has 0 heterocycles. The Morgan fingerprint density at radius 2 is 1.78 bits per heavy atom. The summed E-state index contributed by atoms with van der Waals surface area (Å²) in [4.78, 5) is 23.3. The fourth-order valence-electron chi connectivity index (χ4n) is 2.01. The van der Waals surface area contributed by atoms with Gasteiger partial charge in [-0.3, -0.25) is 9.59 Å². The van der Waals surface area contributed by atoms with Gasteiger partial charge in [-0.15, -0.1) is 0 Å². The van der Waals surface area contributed by atoms with Crippen molar-refractivity contribution in [1.82, 2.24) is 0 Å². The van der Waals surface area contributed by atoms with Crippen molar-refractivity contribution >= 4 is 11.9 Å². The summed E-state index contributed by atoms with van der Waals surface area (Å²) in [6.07, 6.45) is 3.98. The third kappa shape index (κ3) is 8.01. The first kappa shape index (κ1) is 18.7. The number of rotatable bonds is 9. The minimum Gasteiger partial charge on any atom is -0.463 e. The molecule has 0 aromatic heterocycles. The average Bonchev–Trinajstić information content (AvgIpc) is 2.54. The van der Waals surface area contributed by atoms with E-state index in [4.69, 9.17) is 14.7 Å². The van der Waals surface area contributed by atoms with E-state index >= 15 is 0 Å². The fraction of sp³-hybridized carbons (Fsp3) is 0.500.